The lowest BCUT2D eigenvalue weighted by molar-refractivity contribution is -0.107. The third-order valence-corrected chi connectivity index (χ3v) is 6.68. The molecule has 29 heavy (non-hydrogen) atoms. The molecular formula is C23H37N3O3. The lowest BCUT2D eigenvalue weighted by atomic mass is 9.99. The Balaban J connectivity index is 1.20. The highest BCUT2D eigenvalue weighted by Gasteiger charge is 2.39. The van der Waals surface area contributed by atoms with E-state index < -0.39 is 6.10 Å². The predicted octanol–water partition coefficient (Wildman–Crippen LogP) is 1.82. The average Bonchev–Trinajstić information content (AvgIpc) is 3.17. The van der Waals surface area contributed by atoms with E-state index in [1.54, 1.807) is 0 Å². The highest BCUT2D eigenvalue weighted by Crippen LogP contribution is 2.36. The fourth-order valence-corrected chi connectivity index (χ4v) is 4.90. The van der Waals surface area contributed by atoms with Gasteiger partial charge in [-0.1, -0.05) is 25.0 Å². The van der Waals surface area contributed by atoms with Crippen LogP contribution >= 0.6 is 0 Å². The highest BCUT2D eigenvalue weighted by atomic mass is 16.5. The summed E-state index contributed by atoms with van der Waals surface area (Å²) in [6.45, 7) is 9.10. The summed E-state index contributed by atoms with van der Waals surface area (Å²) < 4.78 is 12.0. The number of benzene rings is 1. The summed E-state index contributed by atoms with van der Waals surface area (Å²) in [6.07, 6.45) is 4.59. The Hall–Kier alpha value is -1.18. The smallest absolute Gasteiger partial charge is 0.119 e. The van der Waals surface area contributed by atoms with Gasteiger partial charge in [-0.3, -0.25) is 9.80 Å². The maximum Gasteiger partial charge on any atom is 0.119 e. The Bertz CT molecular complexity index is 625. The Kier molecular flexibility index (Phi) is 7.08. The van der Waals surface area contributed by atoms with E-state index in [0.29, 0.717) is 13.2 Å². The first kappa shape index (κ1) is 21.1. The molecule has 1 N–H and O–H groups in total. The van der Waals surface area contributed by atoms with Gasteiger partial charge in [0.25, 0.3) is 0 Å². The minimum Gasteiger partial charge on any atom is -0.491 e. The van der Waals surface area contributed by atoms with Gasteiger partial charge in [-0.15, -0.1) is 0 Å². The number of hydrogen-bond acceptors (Lipinski definition) is 6. The second kappa shape index (κ2) is 9.75. The van der Waals surface area contributed by atoms with E-state index in [-0.39, 0.29) is 5.60 Å². The topological polar surface area (TPSA) is 48.4 Å². The van der Waals surface area contributed by atoms with Crippen molar-refractivity contribution < 1.29 is 14.6 Å². The molecule has 2 saturated heterocycles. The van der Waals surface area contributed by atoms with E-state index in [0.717, 1.165) is 58.2 Å². The summed E-state index contributed by atoms with van der Waals surface area (Å²) in [5, 5.41) is 10.3. The summed E-state index contributed by atoms with van der Waals surface area (Å²) >= 11 is 0. The molecule has 4 rings (SSSR count). The van der Waals surface area contributed by atoms with Crippen molar-refractivity contribution in [3.8, 4) is 5.75 Å². The van der Waals surface area contributed by atoms with E-state index in [9.17, 15) is 5.11 Å². The highest BCUT2D eigenvalue weighted by molar-refractivity contribution is 5.27. The largest absolute Gasteiger partial charge is 0.491 e. The third kappa shape index (κ3) is 5.92. The van der Waals surface area contributed by atoms with Gasteiger partial charge in [0.15, 0.2) is 0 Å². The van der Waals surface area contributed by atoms with Crippen molar-refractivity contribution in [2.75, 3.05) is 66.1 Å². The van der Waals surface area contributed by atoms with Gasteiger partial charge in [0.05, 0.1) is 12.2 Å². The SMILES string of the molecule is CN1CCN(CC(O)COc2ccc(CN3CCOC4(CCCC4)C3)cc2)CC1. The minimum atomic E-state index is -0.450. The van der Waals surface area contributed by atoms with Crippen LogP contribution in [0.4, 0.5) is 0 Å². The summed E-state index contributed by atoms with van der Waals surface area (Å²) in [5.41, 5.74) is 1.44. The molecule has 1 aromatic rings. The number of aliphatic hydroxyl groups is 1. The van der Waals surface area contributed by atoms with Crippen LogP contribution in [-0.2, 0) is 11.3 Å². The number of aliphatic hydroxyl groups excluding tert-OH is 1. The Labute approximate surface area is 175 Å². The molecule has 1 spiro atoms. The Morgan fingerprint density at radius 3 is 2.48 bits per heavy atom. The van der Waals surface area contributed by atoms with E-state index in [1.165, 1.54) is 31.2 Å². The molecular weight excluding hydrogens is 366 g/mol. The molecule has 1 aromatic carbocycles. The lowest BCUT2D eigenvalue weighted by Crippen LogP contribution is -2.49. The molecule has 1 atom stereocenters. The van der Waals surface area contributed by atoms with E-state index in [1.807, 2.05) is 12.1 Å². The lowest BCUT2D eigenvalue weighted by Gasteiger charge is -2.40. The fourth-order valence-electron chi connectivity index (χ4n) is 4.90. The van der Waals surface area contributed by atoms with E-state index in [4.69, 9.17) is 9.47 Å². The molecule has 0 bridgehead atoms. The quantitative estimate of drug-likeness (QED) is 0.750. The number of ether oxygens (including phenoxy) is 2. The number of rotatable bonds is 7. The van der Waals surface area contributed by atoms with Gasteiger partial charge in [0.2, 0.25) is 0 Å². The van der Waals surface area contributed by atoms with Gasteiger partial charge < -0.3 is 19.5 Å². The zero-order chi connectivity index (χ0) is 20.1. The van der Waals surface area contributed by atoms with Crippen molar-refractivity contribution in [3.05, 3.63) is 29.8 Å². The normalized spacial score (nSPS) is 24.8. The van der Waals surface area contributed by atoms with Crippen LogP contribution < -0.4 is 4.74 Å². The Morgan fingerprint density at radius 1 is 1.03 bits per heavy atom. The zero-order valence-corrected chi connectivity index (χ0v) is 17.9. The zero-order valence-electron chi connectivity index (χ0n) is 17.9. The van der Waals surface area contributed by atoms with Crippen molar-refractivity contribution in [3.63, 3.8) is 0 Å². The van der Waals surface area contributed by atoms with E-state index >= 15 is 0 Å². The molecule has 6 heteroatoms. The van der Waals surface area contributed by atoms with Gasteiger partial charge in [-0.2, -0.15) is 0 Å². The molecule has 1 unspecified atom stereocenters. The molecule has 1 saturated carbocycles. The molecule has 0 amide bonds. The maximum absolute atomic E-state index is 10.3. The molecule has 6 nitrogen and oxygen atoms in total. The number of piperazine rings is 1. The van der Waals surface area contributed by atoms with Crippen LogP contribution in [-0.4, -0.2) is 97.6 Å². The average molecular weight is 404 g/mol. The molecule has 3 fully saturated rings. The van der Waals surface area contributed by atoms with Crippen molar-refractivity contribution >= 4 is 0 Å². The van der Waals surface area contributed by atoms with Crippen LogP contribution in [0.1, 0.15) is 31.2 Å². The van der Waals surface area contributed by atoms with Crippen molar-refractivity contribution in [1.82, 2.24) is 14.7 Å². The van der Waals surface area contributed by atoms with Gasteiger partial charge in [0, 0.05) is 52.4 Å². The minimum absolute atomic E-state index is 0.126. The van der Waals surface area contributed by atoms with Crippen LogP contribution in [0.2, 0.25) is 0 Å². The van der Waals surface area contributed by atoms with Gasteiger partial charge in [-0.25, -0.2) is 0 Å². The number of likely N-dealkylation sites (N-methyl/N-ethyl adjacent to an activating group) is 1. The predicted molar refractivity (Wildman–Crippen MR) is 114 cm³/mol. The molecule has 2 heterocycles. The Morgan fingerprint density at radius 2 is 1.76 bits per heavy atom. The first-order valence-corrected chi connectivity index (χ1v) is 11.3. The summed E-state index contributed by atoms with van der Waals surface area (Å²) in [4.78, 5) is 7.17. The van der Waals surface area contributed by atoms with Gasteiger partial charge >= 0.3 is 0 Å². The molecule has 0 radical (unpaired) electrons. The van der Waals surface area contributed by atoms with Crippen LogP contribution in [0.3, 0.4) is 0 Å². The molecule has 1 aliphatic carbocycles. The van der Waals surface area contributed by atoms with Crippen molar-refractivity contribution in [2.24, 2.45) is 0 Å². The van der Waals surface area contributed by atoms with Crippen LogP contribution in [0.15, 0.2) is 24.3 Å². The molecule has 2 aliphatic heterocycles. The number of morpholine rings is 1. The van der Waals surface area contributed by atoms with E-state index in [2.05, 4.69) is 33.9 Å². The molecule has 3 aliphatic rings. The monoisotopic (exact) mass is 403 g/mol. The fraction of sp³-hybridized carbons (Fsp3) is 0.739. The standard InChI is InChI=1S/C23H37N3O3/c1-24-10-12-25(13-11-24)17-21(27)18-28-22-6-4-20(5-7-22)16-26-14-15-29-23(19-26)8-2-3-9-23/h4-7,21,27H,2-3,8-19H2,1H3. The first-order chi connectivity index (χ1) is 14.1. The van der Waals surface area contributed by atoms with Crippen molar-refractivity contribution in [2.45, 2.75) is 43.9 Å². The second-order valence-electron chi connectivity index (χ2n) is 9.16. The van der Waals surface area contributed by atoms with Gasteiger partial charge in [0.1, 0.15) is 18.5 Å². The third-order valence-electron chi connectivity index (χ3n) is 6.68. The number of nitrogens with zero attached hydrogens (tertiary/aromatic N) is 3. The summed E-state index contributed by atoms with van der Waals surface area (Å²) in [5.74, 6) is 0.834. The van der Waals surface area contributed by atoms with Crippen molar-refractivity contribution in [1.29, 1.82) is 0 Å². The summed E-state index contributed by atoms with van der Waals surface area (Å²) in [7, 11) is 2.15. The van der Waals surface area contributed by atoms with Crippen LogP contribution in [0.5, 0.6) is 5.75 Å². The molecule has 0 aromatic heterocycles. The van der Waals surface area contributed by atoms with Crippen LogP contribution in [0, 0.1) is 0 Å². The summed E-state index contributed by atoms with van der Waals surface area (Å²) in [6, 6.07) is 8.37. The number of hydrogen-bond donors (Lipinski definition) is 1. The maximum atomic E-state index is 10.3. The van der Waals surface area contributed by atoms with Gasteiger partial charge in [-0.05, 0) is 37.6 Å². The second-order valence-corrected chi connectivity index (χ2v) is 9.16. The van der Waals surface area contributed by atoms with Crippen LogP contribution in [0.25, 0.3) is 0 Å². The molecule has 162 valence electrons. The first-order valence-electron chi connectivity index (χ1n) is 11.3. The number of β-amino-alcohol motifs (C(OH)–C–C–N with tert-alkyl or cyclic N) is 1.